The predicted molar refractivity (Wildman–Crippen MR) is 68.9 cm³/mol. The van der Waals surface area contributed by atoms with Gasteiger partial charge in [0.05, 0.1) is 6.10 Å². The summed E-state index contributed by atoms with van der Waals surface area (Å²) in [6.07, 6.45) is 6.69. The molecule has 0 heterocycles. The van der Waals surface area contributed by atoms with E-state index >= 15 is 0 Å². The minimum Gasteiger partial charge on any atom is -0.396 e. The topological polar surface area (TPSA) is 60.7 Å². The monoisotopic (exact) mass is 254 g/mol. The lowest BCUT2D eigenvalue weighted by Gasteiger charge is -2.40. The molecule has 0 saturated heterocycles. The Bertz CT molecular complexity index is 328. The third-order valence-corrected chi connectivity index (χ3v) is 6.90. The number of hydrogen-bond acceptors (Lipinski definition) is 3. The molecule has 3 fully saturated rings. The summed E-state index contributed by atoms with van der Waals surface area (Å²) < 4.78 is 0. The fraction of sp³-hybridized carbons (Fsp3) is 1.00. The van der Waals surface area contributed by atoms with Crippen molar-refractivity contribution in [2.75, 3.05) is 13.2 Å². The molecule has 3 heteroatoms. The summed E-state index contributed by atoms with van der Waals surface area (Å²) in [4.78, 5) is 0. The van der Waals surface area contributed by atoms with Crippen molar-refractivity contribution in [3.05, 3.63) is 0 Å². The van der Waals surface area contributed by atoms with Crippen LogP contribution in [0.1, 0.15) is 45.4 Å². The Kier molecular flexibility index (Phi) is 3.00. The zero-order valence-corrected chi connectivity index (χ0v) is 11.3. The second kappa shape index (κ2) is 4.19. The van der Waals surface area contributed by atoms with Crippen LogP contribution in [0.4, 0.5) is 0 Å². The summed E-state index contributed by atoms with van der Waals surface area (Å²) in [6, 6.07) is 0. The molecule has 5 atom stereocenters. The molecule has 3 rings (SSSR count). The lowest BCUT2D eigenvalue weighted by molar-refractivity contribution is -0.00503. The molecule has 0 radical (unpaired) electrons. The van der Waals surface area contributed by atoms with Crippen LogP contribution < -0.4 is 0 Å². The average molecular weight is 254 g/mol. The zero-order valence-electron chi connectivity index (χ0n) is 11.3. The Hall–Kier alpha value is -0.120. The first-order valence-corrected chi connectivity index (χ1v) is 7.47. The van der Waals surface area contributed by atoms with Crippen molar-refractivity contribution in [3.63, 3.8) is 0 Å². The zero-order chi connectivity index (χ0) is 13.0. The first kappa shape index (κ1) is 12.9. The number of aliphatic hydroxyl groups excluding tert-OH is 3. The molecule has 3 aliphatic rings. The van der Waals surface area contributed by atoms with Crippen molar-refractivity contribution in [2.45, 2.75) is 51.6 Å². The number of rotatable bonds is 3. The SMILES string of the molecule is C[C@@]12CC[C@@H](C[C@@H]1O)C21CCC(C(CO)CO)C1. The van der Waals surface area contributed by atoms with Gasteiger partial charge in [-0.15, -0.1) is 0 Å². The van der Waals surface area contributed by atoms with Gasteiger partial charge in [0.2, 0.25) is 0 Å². The van der Waals surface area contributed by atoms with E-state index in [1.54, 1.807) is 0 Å². The van der Waals surface area contributed by atoms with Crippen LogP contribution in [0.5, 0.6) is 0 Å². The van der Waals surface area contributed by atoms with Crippen molar-refractivity contribution < 1.29 is 15.3 Å². The van der Waals surface area contributed by atoms with Crippen molar-refractivity contribution in [3.8, 4) is 0 Å². The summed E-state index contributed by atoms with van der Waals surface area (Å²) in [5, 5.41) is 29.1. The molecule has 3 nitrogen and oxygen atoms in total. The van der Waals surface area contributed by atoms with E-state index in [9.17, 15) is 15.3 Å². The van der Waals surface area contributed by atoms with Gasteiger partial charge in [-0.1, -0.05) is 6.92 Å². The van der Waals surface area contributed by atoms with E-state index in [4.69, 9.17) is 0 Å². The molecule has 2 unspecified atom stereocenters. The van der Waals surface area contributed by atoms with Gasteiger partial charge >= 0.3 is 0 Å². The van der Waals surface area contributed by atoms with Crippen LogP contribution in [0.2, 0.25) is 0 Å². The van der Waals surface area contributed by atoms with Crippen LogP contribution in [-0.4, -0.2) is 34.6 Å². The van der Waals surface area contributed by atoms with Crippen molar-refractivity contribution in [2.24, 2.45) is 28.6 Å². The maximum absolute atomic E-state index is 10.3. The molecule has 18 heavy (non-hydrogen) atoms. The fourth-order valence-corrected chi connectivity index (χ4v) is 5.60. The molecule has 3 saturated carbocycles. The van der Waals surface area contributed by atoms with Crippen LogP contribution in [0, 0.1) is 28.6 Å². The maximum Gasteiger partial charge on any atom is 0.0602 e. The van der Waals surface area contributed by atoms with Gasteiger partial charge in [-0.25, -0.2) is 0 Å². The summed E-state index contributed by atoms with van der Waals surface area (Å²) in [6.45, 7) is 2.47. The Morgan fingerprint density at radius 2 is 1.89 bits per heavy atom. The van der Waals surface area contributed by atoms with Gasteiger partial charge in [0, 0.05) is 19.1 Å². The standard InChI is InChI=1S/C15H26O3/c1-14-4-3-12(6-13(14)18)15(14)5-2-10(7-15)11(8-16)9-17/h10-13,16-18H,2-9H2,1H3/t10?,12-,13-,14+,15?/m0/s1. The minimum absolute atomic E-state index is 0.0464. The lowest BCUT2D eigenvalue weighted by Crippen LogP contribution is -2.38. The summed E-state index contributed by atoms with van der Waals surface area (Å²) in [5.74, 6) is 1.18. The van der Waals surface area contributed by atoms with E-state index in [1.165, 1.54) is 12.8 Å². The van der Waals surface area contributed by atoms with E-state index in [0.717, 1.165) is 25.7 Å². The van der Waals surface area contributed by atoms with Crippen molar-refractivity contribution in [1.82, 2.24) is 0 Å². The van der Waals surface area contributed by atoms with E-state index in [2.05, 4.69) is 6.92 Å². The Labute approximate surface area is 109 Å². The van der Waals surface area contributed by atoms with Crippen molar-refractivity contribution in [1.29, 1.82) is 0 Å². The molecule has 3 aliphatic carbocycles. The minimum atomic E-state index is -0.128. The summed E-state index contributed by atoms with van der Waals surface area (Å²) in [5.41, 5.74) is 0.404. The van der Waals surface area contributed by atoms with Gasteiger partial charge in [0.1, 0.15) is 0 Å². The molecule has 0 amide bonds. The van der Waals surface area contributed by atoms with Crippen LogP contribution >= 0.6 is 0 Å². The summed E-state index contributed by atoms with van der Waals surface area (Å²) in [7, 11) is 0. The number of aliphatic hydroxyl groups is 3. The molecule has 0 aromatic rings. The van der Waals surface area contributed by atoms with Gasteiger partial charge in [0.15, 0.2) is 0 Å². The normalized spacial score (nSPS) is 50.8. The Balaban J connectivity index is 1.83. The first-order valence-electron chi connectivity index (χ1n) is 7.47. The van der Waals surface area contributed by atoms with Gasteiger partial charge < -0.3 is 15.3 Å². The smallest absolute Gasteiger partial charge is 0.0602 e. The molecule has 104 valence electrons. The second-order valence-electron chi connectivity index (χ2n) is 7.19. The highest BCUT2D eigenvalue weighted by atomic mass is 16.3. The molecular weight excluding hydrogens is 228 g/mol. The van der Waals surface area contributed by atoms with Crippen LogP contribution in [0.25, 0.3) is 0 Å². The van der Waals surface area contributed by atoms with Crippen LogP contribution in [0.3, 0.4) is 0 Å². The average Bonchev–Trinajstić information content (AvgIpc) is 2.96. The third-order valence-electron chi connectivity index (χ3n) is 6.90. The molecule has 0 aromatic heterocycles. The largest absolute Gasteiger partial charge is 0.396 e. The quantitative estimate of drug-likeness (QED) is 0.716. The van der Waals surface area contributed by atoms with E-state index in [1.807, 2.05) is 0 Å². The number of hydrogen-bond donors (Lipinski definition) is 3. The van der Waals surface area contributed by atoms with E-state index in [-0.39, 0.29) is 30.7 Å². The third kappa shape index (κ3) is 1.41. The highest BCUT2D eigenvalue weighted by molar-refractivity contribution is 5.16. The van der Waals surface area contributed by atoms with Gasteiger partial charge in [0.25, 0.3) is 0 Å². The van der Waals surface area contributed by atoms with Crippen LogP contribution in [-0.2, 0) is 0 Å². The Morgan fingerprint density at radius 3 is 2.39 bits per heavy atom. The van der Waals surface area contributed by atoms with Gasteiger partial charge in [-0.2, -0.15) is 0 Å². The fourth-order valence-electron chi connectivity index (χ4n) is 5.60. The molecule has 3 N–H and O–H groups in total. The molecule has 1 spiro atoms. The van der Waals surface area contributed by atoms with E-state index < -0.39 is 0 Å². The second-order valence-corrected chi connectivity index (χ2v) is 7.19. The van der Waals surface area contributed by atoms with Gasteiger partial charge in [-0.05, 0) is 61.2 Å². The molecule has 0 aromatic carbocycles. The Morgan fingerprint density at radius 1 is 1.17 bits per heavy atom. The van der Waals surface area contributed by atoms with Crippen LogP contribution in [0.15, 0.2) is 0 Å². The molecular formula is C15H26O3. The first-order chi connectivity index (χ1) is 8.57. The molecule has 2 bridgehead atoms. The predicted octanol–water partition coefficient (Wildman–Crippen LogP) is 1.55. The molecule has 0 aliphatic heterocycles. The highest BCUT2D eigenvalue weighted by Crippen LogP contribution is 2.72. The van der Waals surface area contributed by atoms with E-state index in [0.29, 0.717) is 17.3 Å². The maximum atomic E-state index is 10.3. The summed E-state index contributed by atoms with van der Waals surface area (Å²) >= 11 is 0. The van der Waals surface area contributed by atoms with Crippen molar-refractivity contribution >= 4 is 0 Å². The van der Waals surface area contributed by atoms with Gasteiger partial charge in [-0.3, -0.25) is 0 Å². The highest BCUT2D eigenvalue weighted by Gasteiger charge is 2.67. The lowest BCUT2D eigenvalue weighted by atomic mass is 9.65.